The molecule has 0 radical (unpaired) electrons. The lowest BCUT2D eigenvalue weighted by Gasteiger charge is -2.32. The predicted molar refractivity (Wildman–Crippen MR) is 69.4 cm³/mol. The van der Waals surface area contributed by atoms with Crippen LogP contribution in [-0.4, -0.2) is 48.1 Å². The Balaban J connectivity index is 2.01. The Morgan fingerprint density at radius 2 is 2.00 bits per heavy atom. The third-order valence-corrected chi connectivity index (χ3v) is 3.85. The van der Waals surface area contributed by atoms with Crippen molar-refractivity contribution in [3.63, 3.8) is 0 Å². The van der Waals surface area contributed by atoms with Crippen molar-refractivity contribution in [2.75, 3.05) is 38.7 Å². The molecule has 2 rings (SSSR count). The molecule has 0 atom stereocenters. The first kappa shape index (κ1) is 11.8. The number of nitrogens with one attached hydrogen (secondary N) is 1. The summed E-state index contributed by atoms with van der Waals surface area (Å²) in [6, 6.07) is 2.00. The summed E-state index contributed by atoms with van der Waals surface area (Å²) in [7, 11) is 2.15. The van der Waals surface area contributed by atoms with E-state index in [4.69, 9.17) is 0 Å². The van der Waals surface area contributed by atoms with Crippen LogP contribution >= 0.6 is 15.9 Å². The highest BCUT2D eigenvalue weighted by molar-refractivity contribution is 9.10. The second-order valence-corrected chi connectivity index (χ2v) is 4.99. The average molecular weight is 285 g/mol. The maximum atomic E-state index is 4.34. The van der Waals surface area contributed by atoms with Crippen LogP contribution in [0.5, 0.6) is 0 Å². The van der Waals surface area contributed by atoms with Gasteiger partial charge in [-0.1, -0.05) is 0 Å². The van der Waals surface area contributed by atoms with E-state index in [1.807, 2.05) is 12.3 Å². The van der Waals surface area contributed by atoms with E-state index in [2.05, 4.69) is 50.2 Å². The molecule has 5 heteroatoms. The lowest BCUT2D eigenvalue weighted by Crippen LogP contribution is -2.47. The first-order valence-corrected chi connectivity index (χ1v) is 6.27. The van der Waals surface area contributed by atoms with Crippen molar-refractivity contribution in [2.24, 2.45) is 0 Å². The number of hydrazine groups is 1. The number of rotatable bonds is 2. The summed E-state index contributed by atoms with van der Waals surface area (Å²) >= 11 is 3.56. The Hall–Kier alpha value is -0.650. The smallest absolute Gasteiger partial charge is 0.154 e. The standard InChI is InChI=1S/C11H17BrN4/c1-9-3-4-13-11(10(9)12)14-16-7-5-15(2)6-8-16/h3-4H,5-8H2,1-2H3,(H,13,14). The van der Waals surface area contributed by atoms with E-state index in [9.17, 15) is 0 Å². The second kappa shape index (κ2) is 5.12. The Morgan fingerprint density at radius 1 is 1.31 bits per heavy atom. The number of hydrogen-bond donors (Lipinski definition) is 1. The molecule has 0 spiro atoms. The van der Waals surface area contributed by atoms with Gasteiger partial charge in [0.15, 0.2) is 5.82 Å². The zero-order valence-corrected chi connectivity index (χ0v) is 11.3. The highest BCUT2D eigenvalue weighted by atomic mass is 79.9. The maximum Gasteiger partial charge on any atom is 0.154 e. The SMILES string of the molecule is Cc1ccnc(NN2CCN(C)CC2)c1Br. The van der Waals surface area contributed by atoms with Crippen LogP contribution in [0, 0.1) is 6.92 Å². The number of halogens is 1. The molecule has 0 aliphatic carbocycles. The molecule has 0 amide bonds. The Morgan fingerprint density at radius 3 is 2.69 bits per heavy atom. The van der Waals surface area contributed by atoms with Crippen LogP contribution in [0.1, 0.15) is 5.56 Å². The molecule has 1 N–H and O–H groups in total. The number of pyridine rings is 1. The van der Waals surface area contributed by atoms with Gasteiger partial charge in [-0.2, -0.15) is 0 Å². The minimum atomic E-state index is 0.907. The van der Waals surface area contributed by atoms with Crippen LogP contribution in [0.25, 0.3) is 0 Å². The molecule has 1 aliphatic heterocycles. The molecule has 0 unspecified atom stereocenters. The molecular formula is C11H17BrN4. The van der Waals surface area contributed by atoms with Gasteiger partial charge in [-0.05, 0) is 41.5 Å². The van der Waals surface area contributed by atoms with Crippen LogP contribution < -0.4 is 5.43 Å². The molecule has 0 aromatic carbocycles. The third kappa shape index (κ3) is 2.72. The molecule has 4 nitrogen and oxygen atoms in total. The lowest BCUT2D eigenvalue weighted by molar-refractivity contribution is 0.178. The van der Waals surface area contributed by atoms with Gasteiger partial charge >= 0.3 is 0 Å². The highest BCUT2D eigenvalue weighted by Gasteiger charge is 2.15. The molecule has 2 heterocycles. The topological polar surface area (TPSA) is 31.4 Å². The zero-order chi connectivity index (χ0) is 11.5. The molecule has 88 valence electrons. The van der Waals surface area contributed by atoms with Crippen molar-refractivity contribution < 1.29 is 0 Å². The van der Waals surface area contributed by atoms with E-state index in [0.717, 1.165) is 36.5 Å². The van der Waals surface area contributed by atoms with Gasteiger partial charge in [-0.25, -0.2) is 9.99 Å². The quantitative estimate of drug-likeness (QED) is 0.896. The Bertz CT molecular complexity index is 361. The van der Waals surface area contributed by atoms with E-state index in [1.54, 1.807) is 0 Å². The predicted octanol–water partition coefficient (Wildman–Crippen LogP) is 1.73. The van der Waals surface area contributed by atoms with Gasteiger partial charge in [-0.3, -0.25) is 0 Å². The van der Waals surface area contributed by atoms with Crippen molar-refractivity contribution in [2.45, 2.75) is 6.92 Å². The Kier molecular flexibility index (Phi) is 3.78. The van der Waals surface area contributed by atoms with Gasteiger partial charge in [0.05, 0.1) is 4.47 Å². The van der Waals surface area contributed by atoms with Gasteiger partial charge in [0.1, 0.15) is 0 Å². The van der Waals surface area contributed by atoms with Crippen LogP contribution in [0.2, 0.25) is 0 Å². The molecule has 1 fully saturated rings. The fourth-order valence-electron chi connectivity index (χ4n) is 1.69. The van der Waals surface area contributed by atoms with E-state index in [-0.39, 0.29) is 0 Å². The molecule has 1 aromatic heterocycles. The summed E-state index contributed by atoms with van der Waals surface area (Å²) in [5, 5.41) is 2.21. The summed E-state index contributed by atoms with van der Waals surface area (Å²) in [4.78, 5) is 6.67. The zero-order valence-electron chi connectivity index (χ0n) is 9.70. The van der Waals surface area contributed by atoms with E-state index in [0.29, 0.717) is 0 Å². The molecule has 16 heavy (non-hydrogen) atoms. The summed E-state index contributed by atoms with van der Waals surface area (Å²) in [6.07, 6.45) is 1.83. The minimum Gasteiger partial charge on any atom is -0.304 e. The van der Waals surface area contributed by atoms with Gasteiger partial charge in [0, 0.05) is 32.4 Å². The Labute approximate surface area is 105 Å². The molecule has 0 saturated carbocycles. The van der Waals surface area contributed by atoms with Crippen LogP contribution in [0.4, 0.5) is 5.82 Å². The van der Waals surface area contributed by atoms with Crippen LogP contribution in [0.15, 0.2) is 16.7 Å². The summed E-state index contributed by atoms with van der Waals surface area (Å²) in [5.74, 6) is 0.907. The fraction of sp³-hybridized carbons (Fsp3) is 0.545. The summed E-state index contributed by atoms with van der Waals surface area (Å²) in [5.41, 5.74) is 4.56. The van der Waals surface area contributed by atoms with E-state index < -0.39 is 0 Å². The number of likely N-dealkylation sites (N-methyl/N-ethyl adjacent to an activating group) is 1. The van der Waals surface area contributed by atoms with Gasteiger partial charge in [-0.15, -0.1) is 0 Å². The van der Waals surface area contributed by atoms with Gasteiger partial charge in [0.2, 0.25) is 0 Å². The first-order valence-electron chi connectivity index (χ1n) is 5.48. The van der Waals surface area contributed by atoms with Crippen molar-refractivity contribution in [1.82, 2.24) is 14.9 Å². The number of piperazine rings is 1. The number of anilines is 1. The van der Waals surface area contributed by atoms with Crippen molar-refractivity contribution >= 4 is 21.7 Å². The monoisotopic (exact) mass is 284 g/mol. The number of hydrogen-bond acceptors (Lipinski definition) is 4. The lowest BCUT2D eigenvalue weighted by atomic mass is 10.3. The van der Waals surface area contributed by atoms with Crippen molar-refractivity contribution in [1.29, 1.82) is 0 Å². The van der Waals surface area contributed by atoms with Crippen LogP contribution in [-0.2, 0) is 0 Å². The van der Waals surface area contributed by atoms with Gasteiger partial charge < -0.3 is 10.3 Å². The fourth-order valence-corrected chi connectivity index (χ4v) is 2.01. The second-order valence-electron chi connectivity index (χ2n) is 4.19. The largest absolute Gasteiger partial charge is 0.304 e. The molecule has 1 aromatic rings. The number of aryl methyl sites for hydroxylation is 1. The van der Waals surface area contributed by atoms with Gasteiger partial charge in [0.25, 0.3) is 0 Å². The van der Waals surface area contributed by atoms with Crippen molar-refractivity contribution in [3.8, 4) is 0 Å². The van der Waals surface area contributed by atoms with E-state index >= 15 is 0 Å². The minimum absolute atomic E-state index is 0.907. The summed E-state index contributed by atoms with van der Waals surface area (Å²) < 4.78 is 1.05. The average Bonchev–Trinajstić information content (AvgIpc) is 2.28. The molecule has 1 aliphatic rings. The third-order valence-electron chi connectivity index (χ3n) is 2.85. The normalized spacial score (nSPS) is 18.7. The molecule has 1 saturated heterocycles. The number of aromatic nitrogens is 1. The van der Waals surface area contributed by atoms with E-state index in [1.165, 1.54) is 5.56 Å². The van der Waals surface area contributed by atoms with Crippen LogP contribution in [0.3, 0.4) is 0 Å². The molecule has 0 bridgehead atoms. The number of nitrogens with zero attached hydrogens (tertiary/aromatic N) is 3. The van der Waals surface area contributed by atoms with Crippen molar-refractivity contribution in [3.05, 3.63) is 22.3 Å². The first-order chi connectivity index (χ1) is 7.66. The highest BCUT2D eigenvalue weighted by Crippen LogP contribution is 2.23. The molecular weight excluding hydrogens is 268 g/mol. The summed E-state index contributed by atoms with van der Waals surface area (Å²) in [6.45, 7) is 6.31. The maximum absolute atomic E-state index is 4.34.